The SMILES string of the molecule is C=CCN1C(=O)[C@@](O)([C@@H](OC)C(=O)OCC)[C@@H]1C1COC(C)(C)O1. The molecule has 0 radical (unpaired) electrons. The fourth-order valence-corrected chi connectivity index (χ4v) is 3.29. The van der Waals surface area contributed by atoms with E-state index in [1.807, 2.05) is 0 Å². The number of aliphatic hydroxyl groups is 1. The van der Waals surface area contributed by atoms with Crippen LogP contribution < -0.4 is 0 Å². The minimum absolute atomic E-state index is 0.111. The van der Waals surface area contributed by atoms with Gasteiger partial charge in [0, 0.05) is 13.7 Å². The summed E-state index contributed by atoms with van der Waals surface area (Å²) in [6.07, 6.45) is -0.504. The molecule has 8 heteroatoms. The van der Waals surface area contributed by atoms with Crippen molar-refractivity contribution >= 4 is 11.9 Å². The molecule has 4 atom stereocenters. The van der Waals surface area contributed by atoms with Crippen LogP contribution >= 0.6 is 0 Å². The molecule has 0 aliphatic carbocycles. The number of β-lactam (4-membered cyclic amide) rings is 1. The molecule has 1 N–H and O–H groups in total. The van der Waals surface area contributed by atoms with Crippen LogP contribution in [0.3, 0.4) is 0 Å². The minimum atomic E-state index is -2.07. The maximum atomic E-state index is 12.6. The van der Waals surface area contributed by atoms with Crippen LogP contribution in [-0.4, -0.2) is 78.4 Å². The lowest BCUT2D eigenvalue weighted by atomic mass is 9.74. The van der Waals surface area contributed by atoms with Gasteiger partial charge in [-0.15, -0.1) is 6.58 Å². The molecule has 0 spiro atoms. The highest BCUT2D eigenvalue weighted by molar-refractivity contribution is 5.99. The zero-order valence-electron chi connectivity index (χ0n) is 14.5. The molecular formula is C16H25NO7. The highest BCUT2D eigenvalue weighted by Gasteiger charge is 2.70. The molecule has 2 aliphatic rings. The number of likely N-dealkylation sites (tertiary alicyclic amines) is 1. The minimum Gasteiger partial charge on any atom is -0.464 e. The van der Waals surface area contributed by atoms with Crippen molar-refractivity contribution in [3.05, 3.63) is 12.7 Å². The number of carbonyl (C=O) groups excluding carboxylic acids is 2. The average molecular weight is 343 g/mol. The molecule has 2 rings (SSSR count). The maximum absolute atomic E-state index is 12.6. The molecule has 2 heterocycles. The summed E-state index contributed by atoms with van der Waals surface area (Å²) in [7, 11) is 1.25. The number of hydrogen-bond donors (Lipinski definition) is 1. The van der Waals surface area contributed by atoms with Crippen molar-refractivity contribution < 1.29 is 33.6 Å². The Morgan fingerprint density at radius 1 is 1.58 bits per heavy atom. The van der Waals surface area contributed by atoms with E-state index in [0.717, 1.165) is 0 Å². The van der Waals surface area contributed by atoms with Gasteiger partial charge in [0.2, 0.25) is 5.60 Å². The first kappa shape index (κ1) is 18.9. The highest BCUT2D eigenvalue weighted by atomic mass is 16.7. The van der Waals surface area contributed by atoms with Gasteiger partial charge in [0.1, 0.15) is 12.1 Å². The molecule has 8 nitrogen and oxygen atoms in total. The Hall–Kier alpha value is -1.48. The number of rotatable bonds is 7. The Kier molecular flexibility index (Phi) is 5.34. The van der Waals surface area contributed by atoms with Gasteiger partial charge in [0.25, 0.3) is 5.91 Å². The van der Waals surface area contributed by atoms with E-state index in [-0.39, 0.29) is 19.8 Å². The normalized spacial score (nSPS) is 33.0. The summed E-state index contributed by atoms with van der Waals surface area (Å²) in [4.78, 5) is 26.1. The van der Waals surface area contributed by atoms with E-state index in [4.69, 9.17) is 18.9 Å². The average Bonchev–Trinajstić information content (AvgIpc) is 2.86. The summed E-state index contributed by atoms with van der Waals surface area (Å²) in [6, 6.07) is -0.806. The van der Waals surface area contributed by atoms with Crippen LogP contribution in [0.25, 0.3) is 0 Å². The van der Waals surface area contributed by atoms with Crippen molar-refractivity contribution in [2.45, 2.75) is 50.4 Å². The Labute approximate surface area is 141 Å². The number of methoxy groups -OCH3 is 1. The van der Waals surface area contributed by atoms with Gasteiger partial charge in [-0.1, -0.05) is 6.08 Å². The molecule has 1 amide bonds. The summed E-state index contributed by atoms with van der Waals surface area (Å²) < 4.78 is 21.4. The van der Waals surface area contributed by atoms with Gasteiger partial charge in [-0.2, -0.15) is 0 Å². The van der Waals surface area contributed by atoms with Crippen molar-refractivity contribution in [1.82, 2.24) is 4.90 Å². The maximum Gasteiger partial charge on any atom is 0.338 e. The Balaban J connectivity index is 2.32. The second kappa shape index (κ2) is 6.79. The van der Waals surface area contributed by atoms with Crippen LogP contribution in [0.2, 0.25) is 0 Å². The van der Waals surface area contributed by atoms with Crippen LogP contribution in [-0.2, 0) is 28.5 Å². The molecule has 0 aromatic rings. The molecule has 0 aromatic carbocycles. The second-order valence-corrected chi connectivity index (χ2v) is 6.25. The lowest BCUT2D eigenvalue weighted by Gasteiger charge is -2.55. The Morgan fingerprint density at radius 3 is 2.71 bits per heavy atom. The van der Waals surface area contributed by atoms with Crippen LogP contribution in [0, 0.1) is 0 Å². The first-order chi connectivity index (χ1) is 11.2. The van der Waals surface area contributed by atoms with Crippen molar-refractivity contribution in [3.63, 3.8) is 0 Å². The van der Waals surface area contributed by atoms with Crippen molar-refractivity contribution in [3.8, 4) is 0 Å². The first-order valence-electron chi connectivity index (χ1n) is 7.88. The van der Waals surface area contributed by atoms with Gasteiger partial charge in [0.05, 0.1) is 13.2 Å². The van der Waals surface area contributed by atoms with Gasteiger partial charge in [0.15, 0.2) is 11.9 Å². The zero-order chi connectivity index (χ0) is 18.1. The van der Waals surface area contributed by atoms with E-state index in [2.05, 4.69) is 6.58 Å². The van der Waals surface area contributed by atoms with Crippen LogP contribution in [0.4, 0.5) is 0 Å². The summed E-state index contributed by atoms with van der Waals surface area (Å²) in [5.74, 6) is -2.26. The third kappa shape index (κ3) is 2.95. The fraction of sp³-hybridized carbons (Fsp3) is 0.750. The summed E-state index contributed by atoms with van der Waals surface area (Å²) in [6.45, 7) is 9.23. The van der Waals surface area contributed by atoms with E-state index in [1.54, 1.807) is 20.8 Å². The van der Waals surface area contributed by atoms with E-state index >= 15 is 0 Å². The second-order valence-electron chi connectivity index (χ2n) is 6.25. The number of amides is 1. The van der Waals surface area contributed by atoms with E-state index in [9.17, 15) is 14.7 Å². The van der Waals surface area contributed by atoms with Crippen molar-refractivity contribution in [2.75, 3.05) is 26.9 Å². The summed E-state index contributed by atoms with van der Waals surface area (Å²) in [5.41, 5.74) is -2.07. The van der Waals surface area contributed by atoms with Gasteiger partial charge >= 0.3 is 5.97 Å². The highest BCUT2D eigenvalue weighted by Crippen LogP contribution is 2.41. The molecule has 2 saturated heterocycles. The third-order valence-corrected chi connectivity index (χ3v) is 4.23. The molecular weight excluding hydrogens is 318 g/mol. The quantitative estimate of drug-likeness (QED) is 0.390. The monoisotopic (exact) mass is 343 g/mol. The lowest BCUT2D eigenvalue weighted by Crippen LogP contribution is -2.82. The molecule has 1 unspecified atom stereocenters. The Bertz CT molecular complexity index is 521. The molecule has 0 bridgehead atoms. The number of esters is 1. The third-order valence-electron chi connectivity index (χ3n) is 4.23. The van der Waals surface area contributed by atoms with Crippen LogP contribution in [0.15, 0.2) is 12.7 Å². The van der Waals surface area contributed by atoms with Gasteiger partial charge in [-0.05, 0) is 20.8 Å². The Morgan fingerprint density at radius 2 is 2.25 bits per heavy atom. The van der Waals surface area contributed by atoms with Crippen molar-refractivity contribution in [2.24, 2.45) is 0 Å². The predicted octanol–water partition coefficient (Wildman–Crippen LogP) is -0.156. The molecule has 2 aliphatic heterocycles. The molecule has 136 valence electrons. The lowest BCUT2D eigenvalue weighted by molar-refractivity contribution is -0.240. The standard InChI is InChI=1S/C16H25NO7/c1-6-8-17-11(10-9-23-15(3,4)24-10)16(20,14(17)19)12(21-5)13(18)22-7-2/h6,10-12,20H,1,7-9H2,2-5H3/t10?,11-,12-,16-/m0/s1. The van der Waals surface area contributed by atoms with Crippen LogP contribution in [0.5, 0.6) is 0 Å². The summed E-state index contributed by atoms with van der Waals surface area (Å²) >= 11 is 0. The van der Waals surface area contributed by atoms with Crippen molar-refractivity contribution in [1.29, 1.82) is 0 Å². The first-order valence-corrected chi connectivity index (χ1v) is 7.88. The van der Waals surface area contributed by atoms with E-state index in [0.29, 0.717) is 0 Å². The fourth-order valence-electron chi connectivity index (χ4n) is 3.29. The number of hydrogen-bond acceptors (Lipinski definition) is 7. The summed E-state index contributed by atoms with van der Waals surface area (Å²) in [5, 5.41) is 11.0. The molecule has 0 saturated carbocycles. The van der Waals surface area contributed by atoms with E-state index < -0.39 is 41.5 Å². The predicted molar refractivity (Wildman–Crippen MR) is 83.0 cm³/mol. The van der Waals surface area contributed by atoms with E-state index in [1.165, 1.54) is 18.1 Å². The van der Waals surface area contributed by atoms with Crippen LogP contribution in [0.1, 0.15) is 20.8 Å². The number of nitrogens with zero attached hydrogens (tertiary/aromatic N) is 1. The molecule has 24 heavy (non-hydrogen) atoms. The molecule has 2 fully saturated rings. The smallest absolute Gasteiger partial charge is 0.338 e. The van der Waals surface area contributed by atoms with Gasteiger partial charge < -0.3 is 29.0 Å². The number of ether oxygens (including phenoxy) is 4. The topological polar surface area (TPSA) is 94.5 Å². The van der Waals surface area contributed by atoms with Gasteiger partial charge in [-0.3, -0.25) is 4.79 Å². The number of carbonyl (C=O) groups is 2. The van der Waals surface area contributed by atoms with Gasteiger partial charge in [-0.25, -0.2) is 4.79 Å². The zero-order valence-corrected chi connectivity index (χ0v) is 14.5. The largest absolute Gasteiger partial charge is 0.464 e. The molecule has 0 aromatic heterocycles.